The molecule has 6 heteroatoms. The van der Waals surface area contributed by atoms with Crippen molar-refractivity contribution in [2.75, 3.05) is 19.8 Å². The van der Waals surface area contributed by atoms with E-state index < -0.39 is 6.10 Å². The fraction of sp³-hybridized carbons (Fsp3) is 0.789. The lowest BCUT2D eigenvalue weighted by atomic mass is 10.0. The summed E-state index contributed by atoms with van der Waals surface area (Å²) in [6, 6.07) is 2.29. The number of hydrogen-bond acceptors (Lipinski definition) is 4. The Kier molecular flexibility index (Phi) is 6.12. The SMILES string of the molecule is Cc1cc(C)n(C[C@@H]2CCCCN2C(=O)[C@@H](C)OC[C@@H]2CCCO2)n1. The first-order valence-electron chi connectivity index (χ1n) is 9.59. The number of nitrogens with zero attached hydrogens (tertiary/aromatic N) is 3. The highest BCUT2D eigenvalue weighted by Crippen LogP contribution is 2.21. The Morgan fingerprint density at radius 2 is 2.20 bits per heavy atom. The molecule has 0 saturated carbocycles. The van der Waals surface area contributed by atoms with Gasteiger partial charge in [0.05, 0.1) is 31.0 Å². The van der Waals surface area contributed by atoms with E-state index in [0.29, 0.717) is 6.61 Å². The average molecular weight is 349 g/mol. The van der Waals surface area contributed by atoms with Gasteiger partial charge < -0.3 is 14.4 Å². The van der Waals surface area contributed by atoms with Crippen molar-refractivity contribution in [2.24, 2.45) is 0 Å². The highest BCUT2D eigenvalue weighted by molar-refractivity contribution is 5.81. The quantitative estimate of drug-likeness (QED) is 0.792. The lowest BCUT2D eigenvalue weighted by molar-refractivity contribution is -0.148. The molecule has 1 aromatic heterocycles. The molecule has 0 N–H and O–H groups in total. The molecule has 1 aromatic rings. The number of carbonyl (C=O) groups excluding carboxylic acids is 1. The second-order valence-electron chi connectivity index (χ2n) is 7.40. The first kappa shape index (κ1) is 18.4. The van der Waals surface area contributed by atoms with Gasteiger partial charge in [-0.1, -0.05) is 0 Å². The number of piperidine rings is 1. The van der Waals surface area contributed by atoms with E-state index in [-0.39, 0.29) is 18.1 Å². The standard InChI is InChI=1S/C19H31N3O3/c1-14-11-15(2)22(20-14)12-17-7-4-5-9-21(17)19(23)16(3)25-13-18-8-6-10-24-18/h11,16-18H,4-10,12-13H2,1-3H3/t16-,17+,18+/m1/s1. The van der Waals surface area contributed by atoms with E-state index in [1.165, 1.54) is 6.42 Å². The fourth-order valence-electron chi connectivity index (χ4n) is 3.87. The van der Waals surface area contributed by atoms with Gasteiger partial charge in [-0.25, -0.2) is 0 Å². The van der Waals surface area contributed by atoms with Gasteiger partial charge in [-0.05, 0) is 58.9 Å². The predicted molar refractivity (Wildman–Crippen MR) is 95.4 cm³/mol. The van der Waals surface area contributed by atoms with Gasteiger partial charge in [-0.15, -0.1) is 0 Å². The van der Waals surface area contributed by atoms with Crippen LogP contribution in [0.1, 0.15) is 50.4 Å². The third-order valence-electron chi connectivity index (χ3n) is 5.30. The van der Waals surface area contributed by atoms with Crippen molar-refractivity contribution in [3.8, 4) is 0 Å². The zero-order valence-electron chi connectivity index (χ0n) is 15.7. The van der Waals surface area contributed by atoms with Gasteiger partial charge in [-0.2, -0.15) is 5.10 Å². The van der Waals surface area contributed by atoms with Crippen molar-refractivity contribution in [1.82, 2.24) is 14.7 Å². The maximum atomic E-state index is 12.9. The summed E-state index contributed by atoms with van der Waals surface area (Å²) in [4.78, 5) is 14.9. The summed E-state index contributed by atoms with van der Waals surface area (Å²) in [5.74, 6) is 0.101. The molecule has 3 atom stereocenters. The van der Waals surface area contributed by atoms with Crippen molar-refractivity contribution in [3.63, 3.8) is 0 Å². The van der Waals surface area contributed by atoms with Gasteiger partial charge in [0.2, 0.25) is 0 Å². The molecule has 0 unspecified atom stereocenters. The zero-order chi connectivity index (χ0) is 17.8. The Morgan fingerprint density at radius 1 is 1.36 bits per heavy atom. The highest BCUT2D eigenvalue weighted by atomic mass is 16.5. The second-order valence-corrected chi connectivity index (χ2v) is 7.40. The molecule has 0 bridgehead atoms. The van der Waals surface area contributed by atoms with Crippen LogP contribution >= 0.6 is 0 Å². The van der Waals surface area contributed by atoms with Crippen molar-refractivity contribution in [3.05, 3.63) is 17.5 Å². The van der Waals surface area contributed by atoms with Crippen LogP contribution in [0, 0.1) is 13.8 Å². The molecule has 0 aliphatic carbocycles. The van der Waals surface area contributed by atoms with Gasteiger partial charge in [-0.3, -0.25) is 9.48 Å². The van der Waals surface area contributed by atoms with Gasteiger partial charge in [0.1, 0.15) is 6.10 Å². The predicted octanol–water partition coefficient (Wildman–Crippen LogP) is 2.47. The van der Waals surface area contributed by atoms with Gasteiger partial charge in [0.25, 0.3) is 5.91 Å². The Labute approximate surface area is 150 Å². The molecule has 3 heterocycles. The lowest BCUT2D eigenvalue weighted by Gasteiger charge is -2.37. The maximum absolute atomic E-state index is 12.9. The highest BCUT2D eigenvalue weighted by Gasteiger charge is 2.31. The second kappa shape index (κ2) is 8.32. The maximum Gasteiger partial charge on any atom is 0.251 e. The van der Waals surface area contributed by atoms with Crippen LogP contribution < -0.4 is 0 Å². The molecular weight excluding hydrogens is 318 g/mol. The van der Waals surface area contributed by atoms with Gasteiger partial charge >= 0.3 is 0 Å². The van der Waals surface area contributed by atoms with Crippen LogP contribution in [0.25, 0.3) is 0 Å². The first-order valence-corrected chi connectivity index (χ1v) is 9.59. The zero-order valence-corrected chi connectivity index (χ0v) is 15.7. The van der Waals surface area contributed by atoms with E-state index in [1.807, 2.05) is 23.4 Å². The van der Waals surface area contributed by atoms with Crippen LogP contribution in [0.3, 0.4) is 0 Å². The summed E-state index contributed by atoms with van der Waals surface area (Å²) < 4.78 is 13.4. The summed E-state index contributed by atoms with van der Waals surface area (Å²) in [7, 11) is 0. The third kappa shape index (κ3) is 4.61. The molecule has 2 aliphatic rings. The molecule has 1 amide bonds. The number of amides is 1. The Balaban J connectivity index is 1.58. The summed E-state index contributed by atoms with van der Waals surface area (Å²) >= 11 is 0. The molecule has 6 nitrogen and oxygen atoms in total. The Hall–Kier alpha value is -1.40. The Morgan fingerprint density at radius 3 is 2.88 bits per heavy atom. The van der Waals surface area contributed by atoms with Crippen molar-refractivity contribution < 1.29 is 14.3 Å². The van der Waals surface area contributed by atoms with Crippen molar-refractivity contribution in [2.45, 2.75) is 77.7 Å². The summed E-state index contributed by atoms with van der Waals surface area (Å²) in [5.41, 5.74) is 2.18. The number of ether oxygens (including phenoxy) is 2. The van der Waals surface area contributed by atoms with Crippen LogP contribution in [0.15, 0.2) is 6.07 Å². The van der Waals surface area contributed by atoms with E-state index in [1.54, 1.807) is 0 Å². The van der Waals surface area contributed by atoms with E-state index in [9.17, 15) is 4.79 Å². The van der Waals surface area contributed by atoms with E-state index in [4.69, 9.17) is 9.47 Å². The summed E-state index contributed by atoms with van der Waals surface area (Å²) in [6.45, 7) is 8.86. The monoisotopic (exact) mass is 349 g/mol. The molecule has 140 valence electrons. The van der Waals surface area contributed by atoms with Crippen molar-refractivity contribution in [1.29, 1.82) is 0 Å². The lowest BCUT2D eigenvalue weighted by Crippen LogP contribution is -2.50. The van der Waals surface area contributed by atoms with Crippen LogP contribution in [-0.4, -0.2) is 58.6 Å². The minimum atomic E-state index is -0.412. The molecule has 0 spiro atoms. The minimum Gasteiger partial charge on any atom is -0.376 e. The van der Waals surface area contributed by atoms with Crippen LogP contribution in [0.4, 0.5) is 0 Å². The first-order chi connectivity index (χ1) is 12.0. The molecule has 2 saturated heterocycles. The van der Waals surface area contributed by atoms with E-state index in [2.05, 4.69) is 18.1 Å². The molecule has 2 fully saturated rings. The largest absolute Gasteiger partial charge is 0.376 e. The van der Waals surface area contributed by atoms with Crippen LogP contribution in [-0.2, 0) is 20.8 Å². The van der Waals surface area contributed by atoms with Crippen LogP contribution in [0.2, 0.25) is 0 Å². The summed E-state index contributed by atoms with van der Waals surface area (Å²) in [5, 5.41) is 4.56. The Bertz CT molecular complexity index is 580. The molecule has 25 heavy (non-hydrogen) atoms. The number of aryl methyl sites for hydroxylation is 2. The molecule has 0 radical (unpaired) electrons. The van der Waals surface area contributed by atoms with E-state index >= 15 is 0 Å². The van der Waals surface area contributed by atoms with Crippen molar-refractivity contribution >= 4 is 5.91 Å². The van der Waals surface area contributed by atoms with Crippen LogP contribution in [0.5, 0.6) is 0 Å². The number of likely N-dealkylation sites (tertiary alicyclic amines) is 1. The normalized spacial score (nSPS) is 25.3. The molecule has 3 rings (SSSR count). The molecule has 0 aromatic carbocycles. The summed E-state index contributed by atoms with van der Waals surface area (Å²) in [6.07, 6.45) is 5.13. The number of hydrogen-bond donors (Lipinski definition) is 0. The fourth-order valence-corrected chi connectivity index (χ4v) is 3.87. The number of carbonyl (C=O) groups is 1. The molecular formula is C19H31N3O3. The number of aromatic nitrogens is 2. The average Bonchev–Trinajstić information content (AvgIpc) is 3.22. The number of rotatable bonds is 6. The van der Waals surface area contributed by atoms with Gasteiger partial charge in [0.15, 0.2) is 0 Å². The smallest absolute Gasteiger partial charge is 0.251 e. The molecule has 2 aliphatic heterocycles. The third-order valence-corrected chi connectivity index (χ3v) is 5.30. The minimum absolute atomic E-state index is 0.101. The van der Waals surface area contributed by atoms with Gasteiger partial charge in [0, 0.05) is 18.8 Å². The van der Waals surface area contributed by atoms with E-state index in [0.717, 1.165) is 56.8 Å². The topological polar surface area (TPSA) is 56.6 Å².